The van der Waals surface area contributed by atoms with E-state index in [2.05, 4.69) is 55.2 Å². The van der Waals surface area contributed by atoms with Gasteiger partial charge in [-0.05, 0) is 42.7 Å². The molecule has 0 fully saturated rings. The molecular weight excluding hydrogens is 360 g/mol. The molecule has 0 atom stereocenters. The number of benzene rings is 2. The van der Waals surface area contributed by atoms with Crippen LogP contribution in [0.25, 0.3) is 10.9 Å². The van der Waals surface area contributed by atoms with Gasteiger partial charge in [-0.25, -0.2) is 0 Å². The van der Waals surface area contributed by atoms with Crippen LogP contribution < -0.4 is 10.6 Å². The Hall–Kier alpha value is -3.12. The van der Waals surface area contributed by atoms with Crippen molar-refractivity contribution in [1.82, 2.24) is 20.2 Å². The van der Waals surface area contributed by atoms with Gasteiger partial charge in [0.25, 0.3) is 0 Å². The summed E-state index contributed by atoms with van der Waals surface area (Å²) < 4.78 is 0. The van der Waals surface area contributed by atoms with Gasteiger partial charge in [-0.3, -0.25) is 0 Å². The summed E-state index contributed by atoms with van der Waals surface area (Å²) in [7, 11) is 0. The predicted molar refractivity (Wildman–Crippen MR) is 110 cm³/mol. The molecule has 0 bridgehead atoms. The van der Waals surface area contributed by atoms with E-state index in [0.29, 0.717) is 16.8 Å². The fraction of sp³-hybridized carbons (Fsp3) is 0.150. The molecule has 3 N–H and O–H groups in total. The van der Waals surface area contributed by atoms with E-state index in [0.717, 1.165) is 29.7 Å². The summed E-state index contributed by atoms with van der Waals surface area (Å²) in [6, 6.07) is 14.0. The average molecular weight is 379 g/mol. The summed E-state index contributed by atoms with van der Waals surface area (Å²) in [5.74, 6) is 1.09. The monoisotopic (exact) mass is 378 g/mol. The first-order chi connectivity index (χ1) is 13.2. The van der Waals surface area contributed by atoms with Crippen LogP contribution in [-0.2, 0) is 6.42 Å². The molecule has 0 aliphatic heterocycles. The lowest BCUT2D eigenvalue weighted by Crippen LogP contribution is -2.08. The molecule has 27 heavy (non-hydrogen) atoms. The molecule has 0 amide bonds. The third kappa shape index (κ3) is 4.01. The SMILES string of the molecule is Cc1ccc(Nc2nncc(NCCc3c[nH]c4ccccc34)n2)cc1Cl. The van der Waals surface area contributed by atoms with Gasteiger partial charge in [0.1, 0.15) is 0 Å². The number of fused-ring (bicyclic) bond motifs is 1. The number of aromatic nitrogens is 4. The van der Waals surface area contributed by atoms with Crippen molar-refractivity contribution in [2.24, 2.45) is 0 Å². The van der Waals surface area contributed by atoms with Crippen LogP contribution >= 0.6 is 11.6 Å². The van der Waals surface area contributed by atoms with E-state index in [9.17, 15) is 0 Å². The third-order valence-corrected chi connectivity index (χ3v) is 4.77. The maximum absolute atomic E-state index is 6.16. The maximum Gasteiger partial charge on any atom is 0.249 e. The van der Waals surface area contributed by atoms with Crippen molar-refractivity contribution in [3.8, 4) is 0 Å². The number of nitrogens with one attached hydrogen (secondary N) is 3. The number of rotatable bonds is 6. The number of aryl methyl sites for hydroxylation is 1. The number of aromatic amines is 1. The summed E-state index contributed by atoms with van der Waals surface area (Å²) in [5.41, 5.74) is 4.27. The van der Waals surface area contributed by atoms with E-state index in [-0.39, 0.29) is 0 Å². The predicted octanol–water partition coefficient (Wildman–Crippen LogP) is 4.71. The van der Waals surface area contributed by atoms with Crippen molar-refractivity contribution >= 4 is 40.0 Å². The van der Waals surface area contributed by atoms with Crippen LogP contribution in [0.1, 0.15) is 11.1 Å². The van der Waals surface area contributed by atoms with Crippen LogP contribution in [0.2, 0.25) is 5.02 Å². The molecule has 136 valence electrons. The number of nitrogens with zero attached hydrogens (tertiary/aromatic N) is 3. The molecule has 4 aromatic rings. The molecule has 2 aromatic heterocycles. The summed E-state index contributed by atoms with van der Waals surface area (Å²) >= 11 is 6.16. The molecule has 2 heterocycles. The van der Waals surface area contributed by atoms with E-state index in [1.807, 2.05) is 31.2 Å². The topological polar surface area (TPSA) is 78.5 Å². The molecule has 7 heteroatoms. The highest BCUT2D eigenvalue weighted by Gasteiger charge is 2.05. The Morgan fingerprint density at radius 1 is 1.15 bits per heavy atom. The fourth-order valence-corrected chi connectivity index (χ4v) is 3.09. The number of H-pyrrole nitrogens is 1. The number of para-hydroxylation sites is 1. The second-order valence-corrected chi connectivity index (χ2v) is 6.70. The lowest BCUT2D eigenvalue weighted by molar-refractivity contribution is 0.952. The van der Waals surface area contributed by atoms with Crippen LogP contribution in [-0.4, -0.2) is 26.7 Å². The van der Waals surface area contributed by atoms with Crippen LogP contribution in [0.5, 0.6) is 0 Å². The molecule has 0 spiro atoms. The lowest BCUT2D eigenvalue weighted by Gasteiger charge is -2.08. The third-order valence-electron chi connectivity index (χ3n) is 4.36. The fourth-order valence-electron chi connectivity index (χ4n) is 2.91. The first-order valence-electron chi connectivity index (χ1n) is 8.71. The van der Waals surface area contributed by atoms with Crippen LogP contribution in [0.15, 0.2) is 54.9 Å². The lowest BCUT2D eigenvalue weighted by atomic mass is 10.1. The molecular formula is C20H19ClN6. The Balaban J connectivity index is 1.39. The van der Waals surface area contributed by atoms with Crippen molar-refractivity contribution in [1.29, 1.82) is 0 Å². The highest BCUT2D eigenvalue weighted by molar-refractivity contribution is 6.31. The minimum atomic E-state index is 0.423. The number of hydrogen-bond acceptors (Lipinski definition) is 5. The minimum Gasteiger partial charge on any atom is -0.368 e. The zero-order valence-electron chi connectivity index (χ0n) is 14.8. The van der Waals surface area contributed by atoms with Crippen molar-refractivity contribution in [3.05, 3.63) is 71.0 Å². The Morgan fingerprint density at radius 2 is 2.04 bits per heavy atom. The Labute approximate surface area is 162 Å². The maximum atomic E-state index is 6.16. The van der Waals surface area contributed by atoms with Gasteiger partial charge in [0.2, 0.25) is 5.95 Å². The molecule has 0 unspecified atom stereocenters. The van der Waals surface area contributed by atoms with Gasteiger partial charge in [-0.2, -0.15) is 10.1 Å². The molecule has 2 aromatic carbocycles. The first kappa shape index (κ1) is 17.3. The summed E-state index contributed by atoms with van der Waals surface area (Å²) in [6.07, 6.45) is 4.55. The molecule has 0 radical (unpaired) electrons. The zero-order chi connectivity index (χ0) is 18.6. The highest BCUT2D eigenvalue weighted by atomic mass is 35.5. The summed E-state index contributed by atoms with van der Waals surface area (Å²) in [4.78, 5) is 7.75. The van der Waals surface area contributed by atoms with Gasteiger partial charge in [-0.15, -0.1) is 5.10 Å². The molecule has 0 saturated heterocycles. The molecule has 6 nitrogen and oxygen atoms in total. The Kier molecular flexibility index (Phi) is 4.89. The minimum absolute atomic E-state index is 0.423. The highest BCUT2D eigenvalue weighted by Crippen LogP contribution is 2.22. The van der Waals surface area contributed by atoms with Crippen molar-refractivity contribution in [2.75, 3.05) is 17.2 Å². The van der Waals surface area contributed by atoms with E-state index >= 15 is 0 Å². The molecule has 0 aliphatic rings. The van der Waals surface area contributed by atoms with Gasteiger partial charge >= 0.3 is 0 Å². The van der Waals surface area contributed by atoms with Crippen LogP contribution in [0.4, 0.5) is 17.5 Å². The number of hydrogen-bond donors (Lipinski definition) is 3. The smallest absolute Gasteiger partial charge is 0.249 e. The van der Waals surface area contributed by atoms with E-state index < -0.39 is 0 Å². The van der Waals surface area contributed by atoms with Gasteiger partial charge in [-0.1, -0.05) is 35.9 Å². The van der Waals surface area contributed by atoms with Crippen LogP contribution in [0, 0.1) is 6.92 Å². The van der Waals surface area contributed by atoms with E-state index in [1.165, 1.54) is 10.9 Å². The number of halogens is 1. The van der Waals surface area contributed by atoms with Crippen molar-refractivity contribution in [2.45, 2.75) is 13.3 Å². The van der Waals surface area contributed by atoms with Gasteiger partial charge in [0.05, 0.1) is 6.20 Å². The molecule has 0 aliphatic carbocycles. The molecule has 4 rings (SSSR count). The van der Waals surface area contributed by atoms with E-state index in [1.54, 1.807) is 6.20 Å². The van der Waals surface area contributed by atoms with Gasteiger partial charge in [0.15, 0.2) is 5.82 Å². The van der Waals surface area contributed by atoms with Crippen molar-refractivity contribution < 1.29 is 0 Å². The molecule has 0 saturated carbocycles. The standard InChI is InChI=1S/C20H19ClN6/c1-13-6-7-15(10-17(13)21)25-20-26-19(12-24-27-20)22-9-8-14-11-23-18-5-3-2-4-16(14)18/h2-7,10-12,23H,8-9H2,1H3,(H2,22,25,26,27). The second kappa shape index (κ2) is 7.63. The Morgan fingerprint density at radius 3 is 2.93 bits per heavy atom. The van der Waals surface area contributed by atoms with Gasteiger partial charge < -0.3 is 15.6 Å². The first-order valence-corrected chi connectivity index (χ1v) is 9.08. The normalized spacial score (nSPS) is 10.9. The van der Waals surface area contributed by atoms with Crippen molar-refractivity contribution in [3.63, 3.8) is 0 Å². The zero-order valence-corrected chi connectivity index (χ0v) is 15.6. The summed E-state index contributed by atoms with van der Waals surface area (Å²) in [6.45, 7) is 2.71. The quantitative estimate of drug-likeness (QED) is 0.452. The number of anilines is 3. The van der Waals surface area contributed by atoms with Crippen LogP contribution in [0.3, 0.4) is 0 Å². The summed E-state index contributed by atoms with van der Waals surface area (Å²) in [5, 5.41) is 16.4. The Bertz CT molecular complexity index is 1070. The second-order valence-electron chi connectivity index (χ2n) is 6.29. The van der Waals surface area contributed by atoms with E-state index in [4.69, 9.17) is 11.6 Å². The largest absolute Gasteiger partial charge is 0.368 e. The average Bonchev–Trinajstić information content (AvgIpc) is 3.09. The van der Waals surface area contributed by atoms with Gasteiger partial charge in [0, 0.05) is 34.4 Å².